The molecule has 0 unspecified atom stereocenters. The number of ether oxygens (including phenoxy) is 2. The van der Waals surface area contributed by atoms with Gasteiger partial charge in [-0.05, 0) is 18.1 Å². The minimum atomic E-state index is 0.333. The Labute approximate surface area is 76.0 Å². The fourth-order valence-electron chi connectivity index (χ4n) is 1.74. The number of hydrogen-bond acceptors (Lipinski definition) is 3. The van der Waals surface area contributed by atoms with Crippen molar-refractivity contribution in [2.45, 2.75) is 6.42 Å². The maximum atomic E-state index is 5.38. The normalized spacial score (nSPS) is 17.2. The van der Waals surface area contributed by atoms with E-state index in [0.717, 1.165) is 30.0 Å². The predicted octanol–water partition coefficient (Wildman–Crippen LogP) is 1.39. The van der Waals surface area contributed by atoms with Crippen molar-refractivity contribution in [1.29, 1.82) is 0 Å². The molecule has 3 nitrogen and oxygen atoms in total. The molecule has 0 fully saturated rings. The van der Waals surface area contributed by atoms with Crippen molar-refractivity contribution in [2.75, 3.05) is 13.3 Å². The Balaban J connectivity index is 2.24. The van der Waals surface area contributed by atoms with Crippen LogP contribution in [0, 0.1) is 0 Å². The SMILES string of the molecule is C1=NCCc2ccc3c(c21)OCO3. The lowest BCUT2D eigenvalue weighted by molar-refractivity contribution is 0.174. The lowest BCUT2D eigenvalue weighted by Gasteiger charge is -2.11. The van der Waals surface area contributed by atoms with Crippen molar-refractivity contribution in [3.05, 3.63) is 23.3 Å². The van der Waals surface area contributed by atoms with Crippen molar-refractivity contribution < 1.29 is 9.47 Å². The van der Waals surface area contributed by atoms with Crippen molar-refractivity contribution in [2.24, 2.45) is 4.99 Å². The van der Waals surface area contributed by atoms with Gasteiger partial charge in [0.25, 0.3) is 0 Å². The van der Waals surface area contributed by atoms with E-state index in [9.17, 15) is 0 Å². The summed E-state index contributed by atoms with van der Waals surface area (Å²) in [6, 6.07) is 4.06. The summed E-state index contributed by atoms with van der Waals surface area (Å²) >= 11 is 0. The van der Waals surface area contributed by atoms with Gasteiger partial charge in [0, 0.05) is 18.3 Å². The van der Waals surface area contributed by atoms with Crippen LogP contribution in [0.4, 0.5) is 0 Å². The Bertz CT molecular complexity index is 385. The molecule has 2 aliphatic heterocycles. The molecule has 0 aromatic heterocycles. The summed E-state index contributed by atoms with van der Waals surface area (Å²) in [6.07, 6.45) is 2.88. The first kappa shape index (κ1) is 6.95. The third-order valence-corrected chi connectivity index (χ3v) is 2.40. The zero-order chi connectivity index (χ0) is 8.67. The number of rotatable bonds is 0. The van der Waals surface area contributed by atoms with E-state index in [0.29, 0.717) is 6.79 Å². The van der Waals surface area contributed by atoms with Gasteiger partial charge in [-0.3, -0.25) is 4.99 Å². The lowest BCUT2D eigenvalue weighted by atomic mass is 10.0. The van der Waals surface area contributed by atoms with Crippen molar-refractivity contribution in [1.82, 2.24) is 0 Å². The molecule has 0 amide bonds. The van der Waals surface area contributed by atoms with Crippen LogP contribution in [0.3, 0.4) is 0 Å². The van der Waals surface area contributed by atoms with Crippen molar-refractivity contribution >= 4 is 6.21 Å². The number of fused-ring (bicyclic) bond motifs is 3. The molecule has 0 aliphatic carbocycles. The molecule has 0 saturated heterocycles. The average Bonchev–Trinajstić information content (AvgIpc) is 2.65. The summed E-state index contributed by atoms with van der Waals surface area (Å²) in [6.45, 7) is 1.21. The largest absolute Gasteiger partial charge is 0.454 e. The molecule has 0 atom stereocenters. The van der Waals surface area contributed by atoms with Crippen molar-refractivity contribution in [3.63, 3.8) is 0 Å². The van der Waals surface area contributed by atoms with E-state index >= 15 is 0 Å². The fourth-order valence-corrected chi connectivity index (χ4v) is 1.74. The Hall–Kier alpha value is -1.51. The number of hydrogen-bond donors (Lipinski definition) is 0. The lowest BCUT2D eigenvalue weighted by Crippen LogP contribution is -2.03. The third-order valence-electron chi connectivity index (χ3n) is 2.40. The topological polar surface area (TPSA) is 30.8 Å². The Morgan fingerprint density at radius 2 is 2.23 bits per heavy atom. The maximum Gasteiger partial charge on any atom is 0.231 e. The molecular weight excluding hydrogens is 166 g/mol. The molecule has 0 spiro atoms. The van der Waals surface area contributed by atoms with E-state index in [1.807, 2.05) is 12.3 Å². The monoisotopic (exact) mass is 175 g/mol. The van der Waals surface area contributed by atoms with Crippen LogP contribution >= 0.6 is 0 Å². The van der Waals surface area contributed by atoms with Gasteiger partial charge < -0.3 is 9.47 Å². The zero-order valence-electron chi connectivity index (χ0n) is 7.12. The molecule has 0 radical (unpaired) electrons. The van der Waals surface area contributed by atoms with Crippen LogP contribution in [-0.4, -0.2) is 19.6 Å². The molecule has 2 aliphatic rings. The van der Waals surface area contributed by atoms with Crippen LogP contribution < -0.4 is 9.47 Å². The van der Waals surface area contributed by atoms with E-state index < -0.39 is 0 Å². The minimum Gasteiger partial charge on any atom is -0.454 e. The highest BCUT2D eigenvalue weighted by molar-refractivity contribution is 5.88. The van der Waals surface area contributed by atoms with E-state index in [1.165, 1.54) is 5.56 Å². The highest BCUT2D eigenvalue weighted by atomic mass is 16.7. The van der Waals surface area contributed by atoms with Gasteiger partial charge in [-0.25, -0.2) is 0 Å². The molecule has 2 heterocycles. The highest BCUT2D eigenvalue weighted by Gasteiger charge is 2.20. The van der Waals surface area contributed by atoms with Crippen molar-refractivity contribution in [3.8, 4) is 11.5 Å². The molecule has 66 valence electrons. The Kier molecular flexibility index (Phi) is 1.33. The quantitative estimate of drug-likeness (QED) is 0.596. The molecule has 0 bridgehead atoms. The smallest absolute Gasteiger partial charge is 0.231 e. The summed E-state index contributed by atoms with van der Waals surface area (Å²) in [7, 11) is 0. The predicted molar refractivity (Wildman–Crippen MR) is 48.7 cm³/mol. The second-order valence-corrected chi connectivity index (χ2v) is 3.16. The number of aliphatic imine (C=N–C) groups is 1. The Morgan fingerprint density at radius 1 is 1.23 bits per heavy atom. The minimum absolute atomic E-state index is 0.333. The van der Waals surface area contributed by atoms with Crippen LogP contribution in [-0.2, 0) is 6.42 Å². The van der Waals surface area contributed by atoms with Gasteiger partial charge in [-0.2, -0.15) is 0 Å². The number of benzene rings is 1. The van der Waals surface area contributed by atoms with E-state index in [1.54, 1.807) is 0 Å². The molecular formula is C10H9NO2. The summed E-state index contributed by atoms with van der Waals surface area (Å²) < 4.78 is 10.7. The molecule has 13 heavy (non-hydrogen) atoms. The van der Waals surface area contributed by atoms with Gasteiger partial charge in [0.1, 0.15) is 0 Å². The summed E-state index contributed by atoms with van der Waals surface area (Å²) in [5.74, 6) is 1.70. The third kappa shape index (κ3) is 0.932. The van der Waals surface area contributed by atoms with Gasteiger partial charge in [-0.1, -0.05) is 6.07 Å². The van der Waals surface area contributed by atoms with E-state index in [4.69, 9.17) is 9.47 Å². The first-order chi connectivity index (χ1) is 6.45. The molecule has 1 aromatic rings. The van der Waals surface area contributed by atoms with Crippen LogP contribution in [0.25, 0.3) is 0 Å². The number of nitrogens with zero attached hydrogens (tertiary/aromatic N) is 1. The van der Waals surface area contributed by atoms with E-state index in [2.05, 4.69) is 11.1 Å². The van der Waals surface area contributed by atoms with Crippen LogP contribution in [0.15, 0.2) is 17.1 Å². The zero-order valence-corrected chi connectivity index (χ0v) is 7.12. The first-order valence-electron chi connectivity index (χ1n) is 4.36. The Morgan fingerprint density at radius 3 is 3.23 bits per heavy atom. The summed E-state index contributed by atoms with van der Waals surface area (Å²) in [5, 5.41) is 0. The second-order valence-electron chi connectivity index (χ2n) is 3.16. The van der Waals surface area contributed by atoms with Crippen LogP contribution in [0.1, 0.15) is 11.1 Å². The van der Waals surface area contributed by atoms with Gasteiger partial charge in [0.2, 0.25) is 6.79 Å². The highest BCUT2D eigenvalue weighted by Crippen LogP contribution is 2.37. The fraction of sp³-hybridized carbons (Fsp3) is 0.300. The molecule has 3 rings (SSSR count). The van der Waals surface area contributed by atoms with Gasteiger partial charge in [-0.15, -0.1) is 0 Å². The average molecular weight is 175 g/mol. The molecule has 0 N–H and O–H groups in total. The van der Waals surface area contributed by atoms with Gasteiger partial charge >= 0.3 is 0 Å². The van der Waals surface area contributed by atoms with Crippen LogP contribution in [0.2, 0.25) is 0 Å². The van der Waals surface area contributed by atoms with Gasteiger partial charge in [0.05, 0.1) is 0 Å². The first-order valence-corrected chi connectivity index (χ1v) is 4.36. The molecule has 1 aromatic carbocycles. The maximum absolute atomic E-state index is 5.38. The second kappa shape index (κ2) is 2.49. The summed E-state index contributed by atoms with van der Waals surface area (Å²) in [5.41, 5.74) is 2.40. The standard InChI is InChI=1S/C10H9NO2/c1-2-9-10(13-6-12-9)8-5-11-4-3-7(1)8/h1-2,5H,3-4,6H2. The summed E-state index contributed by atoms with van der Waals surface area (Å²) in [4.78, 5) is 4.24. The van der Waals surface area contributed by atoms with E-state index in [-0.39, 0.29) is 0 Å². The van der Waals surface area contributed by atoms with Gasteiger partial charge in [0.15, 0.2) is 11.5 Å². The molecule has 0 saturated carbocycles. The molecule has 3 heteroatoms. The van der Waals surface area contributed by atoms with Crippen LogP contribution in [0.5, 0.6) is 11.5 Å².